The van der Waals surface area contributed by atoms with Crippen LogP contribution in [0, 0.1) is 0 Å². The Bertz CT molecular complexity index is 681. The van der Waals surface area contributed by atoms with Crippen LogP contribution in [-0.2, 0) is 11.2 Å². The number of ether oxygens (including phenoxy) is 1. The standard InChI is InChI=1S/C19H21NO2/c1-3-20-17-11-7-6-10-15(17)16(19(20)21)13-14-9-5-8-12-18(14)22-4-2/h5-12,16H,3-4,13H2,1-2H3/t16-/m0/s1. The van der Waals surface area contributed by atoms with Crippen LogP contribution >= 0.6 is 0 Å². The number of likely N-dealkylation sites (N-methyl/N-ethyl adjacent to an activating group) is 1. The molecule has 3 heteroatoms. The van der Waals surface area contributed by atoms with Crippen LogP contribution in [-0.4, -0.2) is 19.1 Å². The molecule has 1 aliphatic heterocycles. The summed E-state index contributed by atoms with van der Waals surface area (Å²) in [5.41, 5.74) is 3.27. The van der Waals surface area contributed by atoms with Crippen molar-refractivity contribution in [2.24, 2.45) is 0 Å². The van der Waals surface area contributed by atoms with Gasteiger partial charge in [0.25, 0.3) is 0 Å². The Balaban J connectivity index is 1.95. The van der Waals surface area contributed by atoms with Gasteiger partial charge in [-0.3, -0.25) is 4.79 Å². The van der Waals surface area contributed by atoms with Gasteiger partial charge >= 0.3 is 0 Å². The summed E-state index contributed by atoms with van der Waals surface area (Å²) in [6.45, 7) is 5.34. The second-order valence-corrected chi connectivity index (χ2v) is 5.44. The van der Waals surface area contributed by atoms with Crippen molar-refractivity contribution in [1.82, 2.24) is 0 Å². The summed E-state index contributed by atoms with van der Waals surface area (Å²) >= 11 is 0. The number of benzene rings is 2. The van der Waals surface area contributed by atoms with Crippen molar-refractivity contribution in [2.45, 2.75) is 26.2 Å². The summed E-state index contributed by atoms with van der Waals surface area (Å²) in [6.07, 6.45) is 0.683. The van der Waals surface area contributed by atoms with Gasteiger partial charge in [0.05, 0.1) is 12.5 Å². The fourth-order valence-corrected chi connectivity index (χ4v) is 3.18. The summed E-state index contributed by atoms with van der Waals surface area (Å²) in [4.78, 5) is 14.6. The molecule has 0 saturated carbocycles. The van der Waals surface area contributed by atoms with Crippen LogP contribution < -0.4 is 9.64 Å². The predicted molar refractivity (Wildman–Crippen MR) is 88.5 cm³/mol. The van der Waals surface area contributed by atoms with Crippen molar-refractivity contribution in [3.8, 4) is 5.75 Å². The molecule has 0 aliphatic carbocycles. The van der Waals surface area contributed by atoms with E-state index in [1.54, 1.807) is 0 Å². The first-order valence-corrected chi connectivity index (χ1v) is 7.87. The first kappa shape index (κ1) is 14.6. The summed E-state index contributed by atoms with van der Waals surface area (Å²) in [6, 6.07) is 16.1. The van der Waals surface area contributed by atoms with Gasteiger partial charge in [-0.25, -0.2) is 0 Å². The van der Waals surface area contributed by atoms with Crippen LogP contribution in [0.15, 0.2) is 48.5 Å². The number of hydrogen-bond donors (Lipinski definition) is 0. The second kappa shape index (κ2) is 6.22. The minimum atomic E-state index is -0.113. The van der Waals surface area contributed by atoms with Crippen LogP contribution in [0.3, 0.4) is 0 Å². The highest BCUT2D eigenvalue weighted by molar-refractivity contribution is 6.05. The number of carbonyl (C=O) groups is 1. The fourth-order valence-electron chi connectivity index (χ4n) is 3.18. The van der Waals surface area contributed by atoms with E-state index in [4.69, 9.17) is 4.74 Å². The number of para-hydroxylation sites is 2. The number of hydrogen-bond acceptors (Lipinski definition) is 2. The molecule has 1 heterocycles. The quantitative estimate of drug-likeness (QED) is 0.840. The maximum Gasteiger partial charge on any atom is 0.234 e. The van der Waals surface area contributed by atoms with E-state index >= 15 is 0 Å². The molecule has 114 valence electrons. The van der Waals surface area contributed by atoms with E-state index in [1.165, 1.54) is 0 Å². The first-order chi connectivity index (χ1) is 10.8. The van der Waals surface area contributed by atoms with Crippen LogP contribution in [0.4, 0.5) is 5.69 Å². The molecule has 2 aromatic rings. The predicted octanol–water partition coefficient (Wildman–Crippen LogP) is 3.78. The molecule has 3 nitrogen and oxygen atoms in total. The molecule has 3 rings (SSSR count). The van der Waals surface area contributed by atoms with Gasteiger partial charge in [0.15, 0.2) is 0 Å². The normalized spacial score (nSPS) is 16.7. The number of anilines is 1. The lowest BCUT2D eigenvalue weighted by Gasteiger charge is -2.16. The molecule has 0 spiro atoms. The van der Waals surface area contributed by atoms with E-state index in [0.29, 0.717) is 19.6 Å². The van der Waals surface area contributed by atoms with Crippen LogP contribution in [0.25, 0.3) is 0 Å². The van der Waals surface area contributed by atoms with Crippen molar-refractivity contribution in [3.05, 3.63) is 59.7 Å². The summed E-state index contributed by atoms with van der Waals surface area (Å²) in [5, 5.41) is 0. The van der Waals surface area contributed by atoms with Gasteiger partial charge < -0.3 is 9.64 Å². The molecule has 1 aliphatic rings. The van der Waals surface area contributed by atoms with Gasteiger partial charge in [-0.05, 0) is 43.5 Å². The molecule has 0 radical (unpaired) electrons. The van der Waals surface area contributed by atoms with E-state index in [9.17, 15) is 4.79 Å². The van der Waals surface area contributed by atoms with Gasteiger partial charge in [-0.15, -0.1) is 0 Å². The first-order valence-electron chi connectivity index (χ1n) is 7.87. The third kappa shape index (κ3) is 2.47. The van der Waals surface area contributed by atoms with E-state index in [-0.39, 0.29) is 11.8 Å². The van der Waals surface area contributed by atoms with Gasteiger partial charge in [-0.1, -0.05) is 36.4 Å². The SMILES string of the molecule is CCOc1ccccc1C[C@@H]1C(=O)N(CC)c2ccccc21. The molecule has 0 fully saturated rings. The number of nitrogens with zero attached hydrogens (tertiary/aromatic N) is 1. The maximum atomic E-state index is 12.8. The monoisotopic (exact) mass is 295 g/mol. The lowest BCUT2D eigenvalue weighted by atomic mass is 9.93. The number of carbonyl (C=O) groups excluding carboxylic acids is 1. The number of fused-ring (bicyclic) bond motifs is 1. The lowest BCUT2D eigenvalue weighted by molar-refractivity contribution is -0.119. The van der Waals surface area contributed by atoms with Crippen molar-refractivity contribution >= 4 is 11.6 Å². The topological polar surface area (TPSA) is 29.5 Å². The van der Waals surface area contributed by atoms with Crippen LogP contribution in [0.1, 0.15) is 30.9 Å². The Hall–Kier alpha value is -2.29. The Morgan fingerprint density at radius 1 is 1.05 bits per heavy atom. The molecule has 2 aromatic carbocycles. The minimum absolute atomic E-state index is 0.113. The van der Waals surface area contributed by atoms with E-state index in [2.05, 4.69) is 12.1 Å². The van der Waals surface area contributed by atoms with E-state index in [0.717, 1.165) is 22.6 Å². The van der Waals surface area contributed by atoms with Crippen molar-refractivity contribution in [2.75, 3.05) is 18.1 Å². The van der Waals surface area contributed by atoms with E-state index < -0.39 is 0 Å². The van der Waals surface area contributed by atoms with Gasteiger partial charge in [0, 0.05) is 12.2 Å². The zero-order valence-corrected chi connectivity index (χ0v) is 13.1. The summed E-state index contributed by atoms with van der Waals surface area (Å²) < 4.78 is 5.70. The molecule has 0 aromatic heterocycles. The van der Waals surface area contributed by atoms with Gasteiger partial charge in [0.1, 0.15) is 5.75 Å². The molecule has 0 N–H and O–H groups in total. The number of amides is 1. The Morgan fingerprint density at radius 2 is 1.77 bits per heavy atom. The molecule has 1 atom stereocenters. The zero-order valence-electron chi connectivity index (χ0n) is 13.1. The molecular weight excluding hydrogens is 274 g/mol. The number of rotatable bonds is 5. The lowest BCUT2D eigenvalue weighted by Crippen LogP contribution is -2.29. The highest BCUT2D eigenvalue weighted by Crippen LogP contribution is 2.39. The molecule has 0 unspecified atom stereocenters. The minimum Gasteiger partial charge on any atom is -0.494 e. The average molecular weight is 295 g/mol. The van der Waals surface area contributed by atoms with Gasteiger partial charge in [0.2, 0.25) is 5.91 Å². The average Bonchev–Trinajstić information content (AvgIpc) is 2.81. The Kier molecular flexibility index (Phi) is 4.14. The Labute approximate surface area is 131 Å². The summed E-state index contributed by atoms with van der Waals surface area (Å²) in [7, 11) is 0. The highest BCUT2D eigenvalue weighted by Gasteiger charge is 2.36. The van der Waals surface area contributed by atoms with Crippen molar-refractivity contribution < 1.29 is 9.53 Å². The van der Waals surface area contributed by atoms with Gasteiger partial charge in [-0.2, -0.15) is 0 Å². The fraction of sp³-hybridized carbons (Fsp3) is 0.316. The van der Waals surface area contributed by atoms with Crippen LogP contribution in [0.5, 0.6) is 5.75 Å². The zero-order chi connectivity index (χ0) is 15.5. The summed E-state index contributed by atoms with van der Waals surface area (Å²) in [5.74, 6) is 0.956. The third-order valence-corrected chi connectivity index (χ3v) is 4.18. The van der Waals surface area contributed by atoms with E-state index in [1.807, 2.05) is 55.1 Å². The largest absolute Gasteiger partial charge is 0.494 e. The molecule has 1 amide bonds. The molecule has 22 heavy (non-hydrogen) atoms. The highest BCUT2D eigenvalue weighted by atomic mass is 16.5. The van der Waals surface area contributed by atoms with Crippen LogP contribution in [0.2, 0.25) is 0 Å². The third-order valence-electron chi connectivity index (χ3n) is 4.18. The second-order valence-electron chi connectivity index (χ2n) is 5.44. The van der Waals surface area contributed by atoms with Crippen molar-refractivity contribution in [1.29, 1.82) is 0 Å². The molecular formula is C19H21NO2. The maximum absolute atomic E-state index is 12.8. The van der Waals surface area contributed by atoms with Crippen molar-refractivity contribution in [3.63, 3.8) is 0 Å². The Morgan fingerprint density at radius 3 is 2.55 bits per heavy atom. The molecule has 0 bridgehead atoms. The molecule has 0 saturated heterocycles. The smallest absolute Gasteiger partial charge is 0.234 e.